The van der Waals surface area contributed by atoms with Crippen LogP contribution in [-0.4, -0.2) is 16.1 Å². The number of halogens is 3. The van der Waals surface area contributed by atoms with Gasteiger partial charge in [-0.2, -0.15) is 13.2 Å². The molecule has 3 rings (SSSR count). The first-order chi connectivity index (χ1) is 11.8. The Morgan fingerprint density at radius 1 is 1.20 bits per heavy atom. The summed E-state index contributed by atoms with van der Waals surface area (Å²) in [5.41, 5.74) is 0.556. The van der Waals surface area contributed by atoms with Gasteiger partial charge in [-0.15, -0.1) is 0 Å². The van der Waals surface area contributed by atoms with Gasteiger partial charge in [-0.1, -0.05) is 30.0 Å². The topological polar surface area (TPSA) is 55.1 Å². The van der Waals surface area contributed by atoms with Gasteiger partial charge in [0.15, 0.2) is 5.58 Å². The Balaban J connectivity index is 1.68. The van der Waals surface area contributed by atoms with E-state index in [4.69, 9.17) is 4.42 Å². The lowest BCUT2D eigenvalue weighted by Crippen LogP contribution is -2.22. The minimum atomic E-state index is -4.46. The molecule has 1 aromatic heterocycles. The highest BCUT2D eigenvalue weighted by atomic mass is 32.2. The van der Waals surface area contributed by atoms with Crippen molar-refractivity contribution in [1.29, 1.82) is 0 Å². The van der Waals surface area contributed by atoms with E-state index < -0.39 is 22.9 Å². The summed E-state index contributed by atoms with van der Waals surface area (Å²) < 4.78 is 43.7. The van der Waals surface area contributed by atoms with Gasteiger partial charge in [0.2, 0.25) is 5.91 Å². The van der Waals surface area contributed by atoms with Crippen LogP contribution in [0.3, 0.4) is 0 Å². The fourth-order valence-electron chi connectivity index (χ4n) is 2.12. The van der Waals surface area contributed by atoms with Crippen molar-refractivity contribution < 1.29 is 22.4 Å². The number of alkyl halides is 3. The molecule has 0 spiro atoms. The minimum Gasteiger partial charge on any atom is -0.431 e. The van der Waals surface area contributed by atoms with Crippen molar-refractivity contribution >= 4 is 34.5 Å². The normalized spacial score (nSPS) is 13.0. The summed E-state index contributed by atoms with van der Waals surface area (Å²) in [6, 6.07) is 11.7. The van der Waals surface area contributed by atoms with E-state index in [2.05, 4.69) is 10.3 Å². The third kappa shape index (κ3) is 4.14. The van der Waals surface area contributed by atoms with Gasteiger partial charge >= 0.3 is 6.18 Å². The summed E-state index contributed by atoms with van der Waals surface area (Å²) in [4.78, 5) is 16.5. The Kier molecular flexibility index (Phi) is 4.71. The molecule has 0 saturated carbocycles. The zero-order valence-corrected chi connectivity index (χ0v) is 13.8. The number of hydrogen-bond donors (Lipinski definition) is 1. The quantitative estimate of drug-likeness (QED) is 0.663. The number of nitrogens with zero attached hydrogens (tertiary/aromatic N) is 1. The van der Waals surface area contributed by atoms with Crippen LogP contribution < -0.4 is 5.32 Å². The molecule has 25 heavy (non-hydrogen) atoms. The molecule has 0 fully saturated rings. The van der Waals surface area contributed by atoms with E-state index in [-0.39, 0.29) is 5.69 Å². The molecular formula is C17H13F3N2O2S. The molecule has 130 valence electrons. The number of benzene rings is 2. The summed E-state index contributed by atoms with van der Waals surface area (Å²) in [6.45, 7) is 1.63. The van der Waals surface area contributed by atoms with Crippen LogP contribution in [0.15, 0.2) is 58.2 Å². The van der Waals surface area contributed by atoms with Crippen LogP contribution in [0, 0.1) is 0 Å². The van der Waals surface area contributed by atoms with Gasteiger partial charge in [-0.3, -0.25) is 4.79 Å². The average Bonchev–Trinajstić information content (AvgIpc) is 2.96. The first kappa shape index (κ1) is 17.3. The molecule has 1 atom stereocenters. The summed E-state index contributed by atoms with van der Waals surface area (Å²) in [6.07, 6.45) is -4.46. The van der Waals surface area contributed by atoms with Crippen molar-refractivity contribution in [2.45, 2.75) is 23.6 Å². The number of para-hydroxylation sites is 2. The minimum absolute atomic E-state index is 0.0878. The highest BCUT2D eigenvalue weighted by molar-refractivity contribution is 8.00. The number of carbonyl (C=O) groups excluding carboxylic acids is 1. The van der Waals surface area contributed by atoms with Crippen LogP contribution in [0.1, 0.15) is 12.5 Å². The van der Waals surface area contributed by atoms with E-state index >= 15 is 0 Å². The third-order valence-corrected chi connectivity index (χ3v) is 4.32. The fourth-order valence-corrected chi connectivity index (χ4v) is 2.88. The fraction of sp³-hybridized carbons (Fsp3) is 0.176. The molecule has 0 aliphatic heterocycles. The maximum absolute atomic E-state index is 12.7. The van der Waals surface area contributed by atoms with Crippen molar-refractivity contribution in [3.8, 4) is 0 Å². The summed E-state index contributed by atoms with van der Waals surface area (Å²) in [5, 5.41) is 2.21. The van der Waals surface area contributed by atoms with Gasteiger partial charge < -0.3 is 9.73 Å². The Hall–Kier alpha value is -2.48. The highest BCUT2D eigenvalue weighted by Gasteiger charge is 2.30. The average molecular weight is 366 g/mol. The van der Waals surface area contributed by atoms with Crippen molar-refractivity contribution in [2.24, 2.45) is 0 Å². The molecule has 0 aliphatic rings. The number of oxazole rings is 1. The van der Waals surface area contributed by atoms with E-state index in [0.29, 0.717) is 16.3 Å². The van der Waals surface area contributed by atoms with E-state index in [1.54, 1.807) is 19.1 Å². The van der Waals surface area contributed by atoms with Gasteiger partial charge in [0, 0.05) is 5.69 Å². The molecule has 4 nitrogen and oxygen atoms in total. The Morgan fingerprint density at radius 2 is 1.96 bits per heavy atom. The number of fused-ring (bicyclic) bond motifs is 1. The van der Waals surface area contributed by atoms with E-state index in [0.717, 1.165) is 23.9 Å². The van der Waals surface area contributed by atoms with Crippen LogP contribution in [0.2, 0.25) is 0 Å². The monoisotopic (exact) mass is 366 g/mol. The smallest absolute Gasteiger partial charge is 0.416 e. The number of amides is 1. The predicted octanol–water partition coefficient (Wildman–Crippen LogP) is 4.97. The zero-order chi connectivity index (χ0) is 18.0. The number of hydrogen-bond acceptors (Lipinski definition) is 4. The van der Waals surface area contributed by atoms with E-state index in [1.807, 2.05) is 12.1 Å². The molecule has 2 aromatic carbocycles. The largest absolute Gasteiger partial charge is 0.431 e. The SMILES string of the molecule is CC(Sc1nc2ccccc2o1)C(=O)Nc1cccc(C(F)(F)F)c1. The van der Waals surface area contributed by atoms with Crippen LogP contribution in [0.25, 0.3) is 11.1 Å². The second kappa shape index (κ2) is 6.79. The molecule has 0 aliphatic carbocycles. The molecule has 1 amide bonds. The van der Waals surface area contributed by atoms with Gasteiger partial charge in [-0.05, 0) is 37.3 Å². The van der Waals surface area contributed by atoms with Gasteiger partial charge in [0.1, 0.15) is 5.52 Å². The van der Waals surface area contributed by atoms with Crippen molar-refractivity contribution in [2.75, 3.05) is 5.32 Å². The molecule has 3 aromatic rings. The summed E-state index contributed by atoms with van der Waals surface area (Å²) in [5.74, 6) is -0.438. The molecule has 1 N–H and O–H groups in total. The van der Waals surface area contributed by atoms with Crippen LogP contribution in [0.4, 0.5) is 18.9 Å². The highest BCUT2D eigenvalue weighted by Crippen LogP contribution is 2.31. The summed E-state index contributed by atoms with van der Waals surface area (Å²) in [7, 11) is 0. The Labute approximate surface area is 145 Å². The van der Waals surface area contributed by atoms with Crippen LogP contribution in [-0.2, 0) is 11.0 Å². The molecular weight excluding hydrogens is 353 g/mol. The molecule has 1 unspecified atom stereocenters. The Bertz CT molecular complexity index is 875. The number of aromatic nitrogens is 1. The van der Waals surface area contributed by atoms with Gasteiger partial charge in [0.05, 0.1) is 10.8 Å². The number of carbonyl (C=O) groups is 1. The maximum atomic E-state index is 12.7. The first-order valence-electron chi connectivity index (χ1n) is 7.33. The van der Waals surface area contributed by atoms with Crippen molar-refractivity contribution in [3.63, 3.8) is 0 Å². The predicted molar refractivity (Wildman–Crippen MR) is 89.4 cm³/mol. The van der Waals surface area contributed by atoms with Crippen molar-refractivity contribution in [1.82, 2.24) is 4.98 Å². The lowest BCUT2D eigenvalue weighted by Gasteiger charge is -2.12. The zero-order valence-electron chi connectivity index (χ0n) is 13.0. The van der Waals surface area contributed by atoms with Crippen LogP contribution in [0.5, 0.6) is 0 Å². The van der Waals surface area contributed by atoms with Gasteiger partial charge in [-0.25, -0.2) is 4.98 Å². The van der Waals surface area contributed by atoms with E-state index in [1.165, 1.54) is 12.1 Å². The second-order valence-corrected chi connectivity index (χ2v) is 6.57. The van der Waals surface area contributed by atoms with Crippen LogP contribution >= 0.6 is 11.8 Å². The third-order valence-electron chi connectivity index (χ3n) is 3.38. The standard InChI is InChI=1S/C17H13F3N2O2S/c1-10(25-16-22-13-7-2-3-8-14(13)24-16)15(23)21-12-6-4-5-11(9-12)17(18,19)20/h2-10H,1H3,(H,21,23). The van der Waals surface area contributed by atoms with Gasteiger partial charge in [0.25, 0.3) is 5.22 Å². The second-order valence-electron chi connectivity index (χ2n) is 5.28. The number of rotatable bonds is 4. The molecule has 0 radical (unpaired) electrons. The molecule has 0 saturated heterocycles. The number of nitrogens with one attached hydrogen (secondary N) is 1. The molecule has 0 bridgehead atoms. The molecule has 8 heteroatoms. The number of thioether (sulfide) groups is 1. The maximum Gasteiger partial charge on any atom is 0.416 e. The lowest BCUT2D eigenvalue weighted by atomic mass is 10.2. The van der Waals surface area contributed by atoms with E-state index in [9.17, 15) is 18.0 Å². The summed E-state index contributed by atoms with van der Waals surface area (Å²) >= 11 is 1.09. The first-order valence-corrected chi connectivity index (χ1v) is 8.21. The van der Waals surface area contributed by atoms with Crippen molar-refractivity contribution in [3.05, 3.63) is 54.1 Å². The lowest BCUT2D eigenvalue weighted by molar-refractivity contribution is -0.137. The molecule has 1 heterocycles. The number of anilines is 1. The Morgan fingerprint density at radius 3 is 2.68 bits per heavy atom.